The third kappa shape index (κ3) is 6.71. The molecule has 0 saturated carbocycles. The van der Waals surface area contributed by atoms with Crippen LogP contribution in [0.4, 0.5) is 23.1 Å². The van der Waals surface area contributed by atoms with Gasteiger partial charge in [-0.05, 0) is 51.8 Å². The molecule has 1 aromatic carbocycles. The molecule has 1 N–H and O–H groups in total. The van der Waals surface area contributed by atoms with E-state index in [0.29, 0.717) is 41.3 Å². The predicted octanol–water partition coefficient (Wildman–Crippen LogP) is 4.82. The van der Waals surface area contributed by atoms with Crippen LogP contribution < -0.4 is 10.1 Å². The van der Waals surface area contributed by atoms with E-state index < -0.39 is 18.4 Å². The Bertz CT molecular complexity index is 947. The number of amides is 2. The maximum absolute atomic E-state index is 12.6. The van der Waals surface area contributed by atoms with Crippen molar-refractivity contribution >= 4 is 38.7 Å². The molecule has 0 radical (unpaired) electrons. The van der Waals surface area contributed by atoms with Gasteiger partial charge in [0.1, 0.15) is 11.4 Å². The van der Waals surface area contributed by atoms with E-state index in [2.05, 4.69) is 10.3 Å². The average molecular weight is 459 g/mol. The number of alkyl halides is 3. The first-order chi connectivity index (χ1) is 14.4. The standard InChI is InChI=1S/C20H24F3N3O4S/c1-19(2,3)30-18(28)26-8-6-12(7-9-26)16(27)25-17-24-14-5-4-13(10-15(14)31-17)29-11-20(21,22)23/h4-5,10,12H,6-9,11H2,1-3H3,(H,24,25,27). The summed E-state index contributed by atoms with van der Waals surface area (Å²) < 4.78 is 47.6. The minimum absolute atomic E-state index is 0.0841. The van der Waals surface area contributed by atoms with E-state index in [1.54, 1.807) is 31.7 Å². The fourth-order valence-electron chi connectivity index (χ4n) is 3.07. The molecule has 11 heteroatoms. The van der Waals surface area contributed by atoms with Gasteiger partial charge in [0.2, 0.25) is 5.91 Å². The second kappa shape index (κ2) is 8.89. The van der Waals surface area contributed by atoms with E-state index in [0.717, 1.165) is 11.3 Å². The molecule has 2 amide bonds. The number of halogens is 3. The summed E-state index contributed by atoms with van der Waals surface area (Å²) in [5.41, 5.74) is -0.0186. The summed E-state index contributed by atoms with van der Waals surface area (Å²) in [5, 5.41) is 3.14. The van der Waals surface area contributed by atoms with E-state index in [9.17, 15) is 22.8 Å². The highest BCUT2D eigenvalue weighted by molar-refractivity contribution is 7.22. The van der Waals surface area contributed by atoms with Crippen LogP contribution in [-0.4, -0.2) is 53.4 Å². The van der Waals surface area contributed by atoms with Gasteiger partial charge in [-0.3, -0.25) is 4.79 Å². The number of aromatic nitrogens is 1. The van der Waals surface area contributed by atoms with E-state index in [-0.39, 0.29) is 23.7 Å². The number of rotatable bonds is 4. The third-order valence-corrected chi connectivity index (χ3v) is 5.44. The molecule has 31 heavy (non-hydrogen) atoms. The number of carbonyl (C=O) groups excluding carboxylic acids is 2. The normalized spacial score (nSPS) is 15.7. The van der Waals surface area contributed by atoms with Crippen molar-refractivity contribution in [2.24, 2.45) is 5.92 Å². The lowest BCUT2D eigenvalue weighted by Crippen LogP contribution is -2.43. The lowest BCUT2D eigenvalue weighted by molar-refractivity contribution is -0.153. The highest BCUT2D eigenvalue weighted by Crippen LogP contribution is 2.31. The fraction of sp³-hybridized carbons (Fsp3) is 0.550. The van der Waals surface area contributed by atoms with Crippen molar-refractivity contribution < 1.29 is 32.2 Å². The molecule has 1 aliphatic heterocycles. The number of piperidine rings is 1. The summed E-state index contributed by atoms with van der Waals surface area (Å²) in [7, 11) is 0. The maximum Gasteiger partial charge on any atom is 0.422 e. The van der Waals surface area contributed by atoms with Gasteiger partial charge in [-0.2, -0.15) is 13.2 Å². The van der Waals surface area contributed by atoms with Gasteiger partial charge in [-0.15, -0.1) is 0 Å². The summed E-state index contributed by atoms with van der Waals surface area (Å²) >= 11 is 1.16. The third-order valence-electron chi connectivity index (χ3n) is 4.51. The predicted molar refractivity (Wildman–Crippen MR) is 110 cm³/mol. The molecule has 0 atom stereocenters. The van der Waals surface area contributed by atoms with Gasteiger partial charge in [0.05, 0.1) is 10.2 Å². The lowest BCUT2D eigenvalue weighted by atomic mass is 9.96. The van der Waals surface area contributed by atoms with Crippen molar-refractivity contribution in [2.45, 2.75) is 45.4 Å². The Hall–Kier alpha value is -2.56. The molecular formula is C20H24F3N3O4S. The molecule has 1 aromatic heterocycles. The molecule has 0 unspecified atom stereocenters. The number of nitrogens with zero attached hydrogens (tertiary/aromatic N) is 2. The van der Waals surface area contributed by atoms with Crippen LogP contribution in [0.25, 0.3) is 10.2 Å². The molecule has 2 heterocycles. The Kier molecular flexibility index (Phi) is 6.63. The largest absolute Gasteiger partial charge is 0.484 e. The fourth-order valence-corrected chi connectivity index (χ4v) is 3.97. The van der Waals surface area contributed by atoms with E-state index in [1.807, 2.05) is 0 Å². The molecule has 3 rings (SSSR count). The summed E-state index contributed by atoms with van der Waals surface area (Å²) in [6, 6.07) is 4.42. The quantitative estimate of drug-likeness (QED) is 0.709. The van der Waals surface area contributed by atoms with Gasteiger partial charge in [-0.1, -0.05) is 11.3 Å². The first-order valence-electron chi connectivity index (χ1n) is 9.78. The molecule has 2 aromatic rings. The Morgan fingerprint density at radius 1 is 1.23 bits per heavy atom. The highest BCUT2D eigenvalue weighted by atomic mass is 32.1. The summed E-state index contributed by atoms with van der Waals surface area (Å²) in [4.78, 5) is 30.6. The number of nitrogens with one attached hydrogen (secondary N) is 1. The Balaban J connectivity index is 1.55. The second-order valence-electron chi connectivity index (χ2n) is 8.28. The Morgan fingerprint density at radius 3 is 2.52 bits per heavy atom. The number of carbonyl (C=O) groups is 2. The zero-order chi connectivity index (χ0) is 22.8. The monoisotopic (exact) mass is 459 g/mol. The zero-order valence-corrected chi connectivity index (χ0v) is 18.2. The van der Waals surface area contributed by atoms with Crippen LogP contribution in [0.15, 0.2) is 18.2 Å². The van der Waals surface area contributed by atoms with Crippen LogP contribution in [0, 0.1) is 5.92 Å². The SMILES string of the molecule is CC(C)(C)OC(=O)N1CCC(C(=O)Nc2nc3ccc(OCC(F)(F)F)cc3s2)CC1. The van der Waals surface area contributed by atoms with E-state index >= 15 is 0 Å². The van der Waals surface area contributed by atoms with Gasteiger partial charge >= 0.3 is 12.3 Å². The van der Waals surface area contributed by atoms with Gasteiger partial charge in [-0.25, -0.2) is 9.78 Å². The molecule has 7 nitrogen and oxygen atoms in total. The van der Waals surface area contributed by atoms with Crippen LogP contribution in [0.3, 0.4) is 0 Å². The van der Waals surface area contributed by atoms with Crippen LogP contribution >= 0.6 is 11.3 Å². The Labute approximate surface area is 181 Å². The van der Waals surface area contributed by atoms with Gasteiger partial charge < -0.3 is 19.7 Å². The Morgan fingerprint density at radius 2 is 1.90 bits per heavy atom. The first-order valence-corrected chi connectivity index (χ1v) is 10.6. The van der Waals surface area contributed by atoms with Crippen LogP contribution in [0.1, 0.15) is 33.6 Å². The van der Waals surface area contributed by atoms with Gasteiger partial charge in [0.15, 0.2) is 11.7 Å². The number of benzene rings is 1. The van der Waals surface area contributed by atoms with E-state index in [4.69, 9.17) is 9.47 Å². The number of thiazole rings is 1. The molecule has 0 spiro atoms. The smallest absolute Gasteiger partial charge is 0.422 e. The number of hydrogen-bond acceptors (Lipinski definition) is 6. The molecule has 1 saturated heterocycles. The minimum atomic E-state index is -4.42. The number of fused-ring (bicyclic) bond motifs is 1. The van der Waals surface area contributed by atoms with Crippen molar-refractivity contribution in [3.05, 3.63) is 18.2 Å². The minimum Gasteiger partial charge on any atom is -0.484 e. The van der Waals surface area contributed by atoms with E-state index in [1.165, 1.54) is 12.1 Å². The van der Waals surface area contributed by atoms with Crippen molar-refractivity contribution in [3.63, 3.8) is 0 Å². The van der Waals surface area contributed by atoms with Crippen molar-refractivity contribution in [2.75, 3.05) is 25.0 Å². The molecule has 0 aliphatic carbocycles. The summed E-state index contributed by atoms with van der Waals surface area (Å²) in [6.45, 7) is 4.87. The maximum atomic E-state index is 12.6. The molecule has 1 aliphatic rings. The van der Waals surface area contributed by atoms with Crippen molar-refractivity contribution in [1.29, 1.82) is 0 Å². The number of likely N-dealkylation sites (tertiary alicyclic amines) is 1. The van der Waals surface area contributed by atoms with Crippen LogP contribution in [0.5, 0.6) is 5.75 Å². The molecule has 170 valence electrons. The molecule has 1 fully saturated rings. The summed E-state index contributed by atoms with van der Waals surface area (Å²) in [5.74, 6) is -0.381. The number of hydrogen-bond donors (Lipinski definition) is 1. The van der Waals surface area contributed by atoms with Gasteiger partial charge in [0, 0.05) is 19.0 Å². The highest BCUT2D eigenvalue weighted by Gasteiger charge is 2.30. The van der Waals surface area contributed by atoms with Crippen molar-refractivity contribution in [1.82, 2.24) is 9.88 Å². The topological polar surface area (TPSA) is 80.8 Å². The van der Waals surface area contributed by atoms with Crippen LogP contribution in [-0.2, 0) is 9.53 Å². The second-order valence-corrected chi connectivity index (χ2v) is 9.31. The number of ether oxygens (including phenoxy) is 2. The van der Waals surface area contributed by atoms with Crippen LogP contribution in [0.2, 0.25) is 0 Å². The van der Waals surface area contributed by atoms with Crippen molar-refractivity contribution in [3.8, 4) is 5.75 Å². The lowest BCUT2D eigenvalue weighted by Gasteiger charge is -2.32. The van der Waals surface area contributed by atoms with Gasteiger partial charge in [0.25, 0.3) is 0 Å². The summed E-state index contributed by atoms with van der Waals surface area (Å²) in [6.07, 6.45) is -3.79. The first kappa shape index (κ1) is 23.1. The zero-order valence-electron chi connectivity index (χ0n) is 17.4. The molecular weight excluding hydrogens is 435 g/mol. The molecule has 0 bridgehead atoms. The average Bonchev–Trinajstić information content (AvgIpc) is 3.06. The number of anilines is 1.